The summed E-state index contributed by atoms with van der Waals surface area (Å²) in [7, 11) is 0. The van der Waals surface area contributed by atoms with Gasteiger partial charge in [0.2, 0.25) is 0 Å². The summed E-state index contributed by atoms with van der Waals surface area (Å²) in [6.07, 6.45) is 5.78. The highest BCUT2D eigenvalue weighted by atomic mass is 32.2. The van der Waals surface area contributed by atoms with Crippen LogP contribution in [0.1, 0.15) is 42.2 Å². The van der Waals surface area contributed by atoms with E-state index in [0.29, 0.717) is 23.9 Å². The predicted molar refractivity (Wildman–Crippen MR) is 119 cm³/mol. The van der Waals surface area contributed by atoms with Crippen molar-refractivity contribution in [3.63, 3.8) is 0 Å². The molecule has 2 aliphatic heterocycles. The van der Waals surface area contributed by atoms with Crippen LogP contribution in [0.4, 0.5) is 10.1 Å². The first-order valence-electron chi connectivity index (χ1n) is 10.5. The summed E-state index contributed by atoms with van der Waals surface area (Å²) in [4.78, 5) is 2.20. The first kappa shape index (κ1) is 19.6. The summed E-state index contributed by atoms with van der Waals surface area (Å²) in [5, 5.41) is 8.17. The van der Waals surface area contributed by atoms with Crippen LogP contribution in [-0.2, 0) is 6.54 Å². The largest absolute Gasteiger partial charge is 0.367 e. The van der Waals surface area contributed by atoms with Crippen molar-refractivity contribution in [2.75, 3.05) is 18.0 Å². The van der Waals surface area contributed by atoms with E-state index in [1.807, 2.05) is 22.6 Å². The van der Waals surface area contributed by atoms with Gasteiger partial charge in [0.15, 0.2) is 0 Å². The van der Waals surface area contributed by atoms with Gasteiger partial charge in [-0.05, 0) is 37.5 Å². The monoisotopic (exact) mass is 423 g/mol. The molecule has 30 heavy (non-hydrogen) atoms. The first-order valence-corrected chi connectivity index (χ1v) is 11.4. The molecule has 0 spiro atoms. The molecule has 7 heteroatoms. The zero-order valence-corrected chi connectivity index (χ0v) is 17.9. The Bertz CT molecular complexity index is 975. The topological polar surface area (TPSA) is 37.2 Å². The molecule has 0 saturated carbocycles. The van der Waals surface area contributed by atoms with Crippen LogP contribution in [0.2, 0.25) is 0 Å². The fourth-order valence-corrected chi connectivity index (χ4v) is 5.60. The van der Waals surface area contributed by atoms with E-state index in [9.17, 15) is 4.39 Å². The van der Waals surface area contributed by atoms with E-state index in [0.717, 1.165) is 37.2 Å². The number of aromatic nitrogens is 3. The lowest BCUT2D eigenvalue weighted by Gasteiger charge is -2.41. The molecule has 5 rings (SSSR count). The van der Waals surface area contributed by atoms with Crippen molar-refractivity contribution in [3.05, 3.63) is 78.1 Å². The Morgan fingerprint density at radius 1 is 1.03 bits per heavy atom. The van der Waals surface area contributed by atoms with Gasteiger partial charge in [0.25, 0.3) is 0 Å². The molecule has 3 aromatic rings. The molecule has 0 bridgehead atoms. The van der Waals surface area contributed by atoms with Gasteiger partial charge >= 0.3 is 0 Å². The van der Waals surface area contributed by atoms with Gasteiger partial charge in [0.05, 0.1) is 6.04 Å². The molecule has 0 N–H and O–H groups in total. The minimum atomic E-state index is -0.116. The summed E-state index contributed by atoms with van der Waals surface area (Å²) in [5.41, 5.74) is 3.07. The molecule has 2 saturated heterocycles. The lowest BCUT2D eigenvalue weighted by atomic mass is 10.0. The van der Waals surface area contributed by atoms with Crippen molar-refractivity contribution in [1.82, 2.24) is 19.1 Å². The molecule has 0 radical (unpaired) electrons. The molecule has 156 valence electrons. The second-order valence-electron chi connectivity index (χ2n) is 8.25. The summed E-state index contributed by atoms with van der Waals surface area (Å²) < 4.78 is 19.3. The summed E-state index contributed by atoms with van der Waals surface area (Å²) in [6.45, 7) is 4.58. The van der Waals surface area contributed by atoms with Gasteiger partial charge in [-0.25, -0.2) is 8.70 Å². The number of rotatable bonds is 5. The van der Waals surface area contributed by atoms with E-state index in [4.69, 9.17) is 0 Å². The van der Waals surface area contributed by atoms with Crippen LogP contribution in [0.25, 0.3) is 0 Å². The van der Waals surface area contributed by atoms with E-state index < -0.39 is 0 Å². The van der Waals surface area contributed by atoms with E-state index in [1.165, 1.54) is 5.56 Å². The summed E-state index contributed by atoms with van der Waals surface area (Å²) in [6, 6.07) is 17.1. The maximum atomic E-state index is 15.0. The number of nitrogens with zero attached hydrogens (tertiary/aromatic N) is 5. The fraction of sp³-hybridized carbons (Fsp3) is 0.391. The van der Waals surface area contributed by atoms with Crippen LogP contribution in [0.15, 0.2) is 61.2 Å². The Morgan fingerprint density at radius 3 is 2.53 bits per heavy atom. The Labute approximate surface area is 181 Å². The van der Waals surface area contributed by atoms with Gasteiger partial charge in [-0.3, -0.25) is 0 Å². The van der Waals surface area contributed by atoms with Crippen molar-refractivity contribution in [3.8, 4) is 0 Å². The normalized spacial score (nSPS) is 22.8. The minimum absolute atomic E-state index is 0.116. The number of benzene rings is 2. The highest BCUT2D eigenvalue weighted by molar-refractivity contribution is 7.97. The van der Waals surface area contributed by atoms with Gasteiger partial charge in [0, 0.05) is 42.2 Å². The van der Waals surface area contributed by atoms with E-state index >= 15 is 0 Å². The van der Waals surface area contributed by atoms with Crippen LogP contribution in [-0.4, -0.2) is 38.2 Å². The van der Waals surface area contributed by atoms with Crippen LogP contribution in [0.3, 0.4) is 0 Å². The quantitative estimate of drug-likeness (QED) is 0.548. The average Bonchev–Trinajstić information content (AvgIpc) is 3.25. The number of hydrogen-bond acceptors (Lipinski definition) is 5. The molecule has 3 heterocycles. The average molecular weight is 424 g/mol. The Morgan fingerprint density at radius 2 is 1.80 bits per heavy atom. The molecule has 2 atom stereocenters. The van der Waals surface area contributed by atoms with Crippen molar-refractivity contribution in [2.24, 2.45) is 0 Å². The number of anilines is 1. The highest BCUT2D eigenvalue weighted by Gasteiger charge is 2.30. The fourth-order valence-electron chi connectivity index (χ4n) is 4.23. The van der Waals surface area contributed by atoms with E-state index in [2.05, 4.69) is 62.7 Å². The Balaban J connectivity index is 1.24. The van der Waals surface area contributed by atoms with Crippen LogP contribution >= 0.6 is 11.9 Å². The highest BCUT2D eigenvalue weighted by Crippen LogP contribution is 2.43. The third kappa shape index (κ3) is 3.96. The van der Waals surface area contributed by atoms with Crippen molar-refractivity contribution in [1.29, 1.82) is 0 Å². The maximum absolute atomic E-state index is 15.0. The minimum Gasteiger partial charge on any atom is -0.367 e. The molecule has 2 aliphatic rings. The van der Waals surface area contributed by atoms with E-state index in [1.54, 1.807) is 18.7 Å². The van der Waals surface area contributed by atoms with Gasteiger partial charge in [-0.1, -0.05) is 48.3 Å². The first-order chi connectivity index (χ1) is 14.7. The third-order valence-electron chi connectivity index (χ3n) is 6.22. The summed E-state index contributed by atoms with van der Waals surface area (Å²) >= 11 is 1.86. The predicted octanol–water partition coefficient (Wildman–Crippen LogP) is 4.85. The SMILES string of the molecule is C[C@H]1CCC(c2ccccc2)SN1Cc1ccc(N2CC(n3cnnc3)C2)cc1F. The molecule has 5 nitrogen and oxygen atoms in total. The smallest absolute Gasteiger partial charge is 0.129 e. The molecule has 1 unspecified atom stereocenters. The van der Waals surface area contributed by atoms with Gasteiger partial charge < -0.3 is 9.47 Å². The molecular formula is C23H26FN5S. The number of halogens is 1. The summed E-state index contributed by atoms with van der Waals surface area (Å²) in [5.74, 6) is -0.116. The van der Waals surface area contributed by atoms with Gasteiger partial charge in [0.1, 0.15) is 18.5 Å². The van der Waals surface area contributed by atoms with E-state index in [-0.39, 0.29) is 5.82 Å². The van der Waals surface area contributed by atoms with Gasteiger partial charge in [-0.2, -0.15) is 0 Å². The molecular weight excluding hydrogens is 397 g/mol. The zero-order chi connectivity index (χ0) is 20.5. The molecule has 2 aromatic carbocycles. The lowest BCUT2D eigenvalue weighted by molar-refractivity contribution is 0.317. The van der Waals surface area contributed by atoms with Crippen molar-refractivity contribution in [2.45, 2.75) is 43.6 Å². The number of hydrogen-bond donors (Lipinski definition) is 0. The van der Waals surface area contributed by atoms with Crippen LogP contribution < -0.4 is 4.90 Å². The molecule has 0 aliphatic carbocycles. The molecule has 1 aromatic heterocycles. The lowest BCUT2D eigenvalue weighted by Crippen LogP contribution is -2.47. The second-order valence-corrected chi connectivity index (χ2v) is 9.50. The molecule has 0 amide bonds. The van der Waals surface area contributed by atoms with Crippen molar-refractivity contribution < 1.29 is 4.39 Å². The Kier molecular flexibility index (Phi) is 5.48. The Hall–Kier alpha value is -2.38. The third-order valence-corrected chi connectivity index (χ3v) is 7.74. The second kappa shape index (κ2) is 8.40. The van der Waals surface area contributed by atoms with Crippen LogP contribution in [0.5, 0.6) is 0 Å². The van der Waals surface area contributed by atoms with Crippen molar-refractivity contribution >= 4 is 17.6 Å². The maximum Gasteiger partial charge on any atom is 0.129 e. The van der Waals surface area contributed by atoms with Gasteiger partial charge in [-0.15, -0.1) is 10.2 Å². The standard InChI is InChI=1S/C23H26FN5S/c1-17-7-10-23(18-5-3-2-4-6-18)30-29(17)12-19-8-9-20(11-22(19)24)27-13-21(14-27)28-15-25-26-16-28/h2-6,8-9,11,15-17,21,23H,7,10,12-14H2,1H3/t17-,23?/m0/s1. The van der Waals surface area contributed by atoms with Crippen LogP contribution in [0, 0.1) is 5.82 Å². The zero-order valence-electron chi connectivity index (χ0n) is 17.1. The molecule has 2 fully saturated rings.